The molecule has 34 heavy (non-hydrogen) atoms. The largest absolute Gasteiger partial charge is 0.436 e. The standard InChI is InChI=1S/C25H14Br2IN3O2S/c26-19-6-2-3-15-16(19)4-1-5-17(15)23(32)31-25(34)29-14-8-10-22-21(12-14)30-24(33-22)18-11-13(28)7-9-20(18)27/h1-12H,(H2,29,31,32,34). The molecule has 0 fully saturated rings. The first-order valence-corrected chi connectivity index (χ1v) is 13.1. The third kappa shape index (κ3) is 4.74. The van der Waals surface area contributed by atoms with E-state index in [9.17, 15) is 4.79 Å². The molecule has 5 rings (SSSR count). The molecule has 2 N–H and O–H groups in total. The smallest absolute Gasteiger partial charge is 0.258 e. The van der Waals surface area contributed by atoms with Crippen molar-refractivity contribution >= 4 is 105 Å². The van der Waals surface area contributed by atoms with Crippen LogP contribution in [0.15, 0.2) is 86.2 Å². The molecule has 0 aliphatic carbocycles. The van der Waals surface area contributed by atoms with Crippen LogP contribution in [0.4, 0.5) is 5.69 Å². The van der Waals surface area contributed by atoms with Gasteiger partial charge in [0.15, 0.2) is 10.7 Å². The van der Waals surface area contributed by atoms with E-state index < -0.39 is 0 Å². The molecule has 9 heteroatoms. The third-order valence-electron chi connectivity index (χ3n) is 5.14. The number of oxazole rings is 1. The fraction of sp³-hybridized carbons (Fsp3) is 0. The maximum absolute atomic E-state index is 12.9. The number of nitrogens with zero attached hydrogens (tertiary/aromatic N) is 1. The maximum atomic E-state index is 12.9. The molecule has 0 aliphatic rings. The van der Waals surface area contributed by atoms with Crippen LogP contribution >= 0.6 is 66.7 Å². The fourth-order valence-corrected chi connectivity index (χ4v) is 5.20. The molecule has 0 aliphatic heterocycles. The lowest BCUT2D eigenvalue weighted by Gasteiger charge is -2.11. The summed E-state index contributed by atoms with van der Waals surface area (Å²) in [6.07, 6.45) is 0. The molecule has 0 saturated heterocycles. The molecule has 5 nitrogen and oxygen atoms in total. The van der Waals surface area contributed by atoms with Gasteiger partial charge < -0.3 is 9.73 Å². The predicted octanol–water partition coefficient (Wildman–Crippen LogP) is 7.90. The van der Waals surface area contributed by atoms with Crippen LogP contribution in [0.25, 0.3) is 33.3 Å². The van der Waals surface area contributed by atoms with Gasteiger partial charge in [-0.2, -0.15) is 0 Å². The van der Waals surface area contributed by atoms with Gasteiger partial charge >= 0.3 is 0 Å². The quantitative estimate of drug-likeness (QED) is 0.148. The number of anilines is 1. The summed E-state index contributed by atoms with van der Waals surface area (Å²) >= 11 is 14.7. The number of benzene rings is 4. The number of hydrogen-bond acceptors (Lipinski definition) is 4. The summed E-state index contributed by atoms with van der Waals surface area (Å²) in [4.78, 5) is 17.5. The van der Waals surface area contributed by atoms with Crippen LogP contribution in [0.5, 0.6) is 0 Å². The Kier molecular flexibility index (Phi) is 6.70. The molecule has 0 atom stereocenters. The van der Waals surface area contributed by atoms with Crippen LogP contribution in [0.2, 0.25) is 0 Å². The topological polar surface area (TPSA) is 67.2 Å². The van der Waals surface area contributed by atoms with Crippen LogP contribution in [-0.4, -0.2) is 16.0 Å². The third-order valence-corrected chi connectivity index (χ3v) is 7.40. The highest BCUT2D eigenvalue weighted by Gasteiger charge is 2.15. The van der Waals surface area contributed by atoms with Crippen LogP contribution in [0.3, 0.4) is 0 Å². The first kappa shape index (κ1) is 23.4. The minimum atomic E-state index is -0.283. The zero-order valence-corrected chi connectivity index (χ0v) is 23.4. The molecule has 0 spiro atoms. The minimum absolute atomic E-state index is 0.195. The molecule has 0 unspecified atom stereocenters. The molecule has 4 aromatic carbocycles. The molecule has 1 heterocycles. The Labute approximate surface area is 230 Å². The predicted molar refractivity (Wildman–Crippen MR) is 155 cm³/mol. The summed E-state index contributed by atoms with van der Waals surface area (Å²) in [5.41, 5.74) is 3.45. The molecule has 0 radical (unpaired) electrons. The number of amides is 1. The number of carbonyl (C=O) groups excluding carboxylic acids is 1. The van der Waals surface area contributed by atoms with Crippen LogP contribution in [0.1, 0.15) is 10.4 Å². The lowest BCUT2D eigenvalue weighted by Crippen LogP contribution is -2.34. The van der Waals surface area contributed by atoms with Gasteiger partial charge in [-0.15, -0.1) is 0 Å². The van der Waals surface area contributed by atoms with E-state index in [0.717, 1.165) is 28.9 Å². The number of hydrogen-bond donors (Lipinski definition) is 2. The molecule has 0 saturated carbocycles. The number of nitrogens with one attached hydrogen (secondary N) is 2. The summed E-state index contributed by atoms with van der Waals surface area (Å²) in [6.45, 7) is 0. The van der Waals surface area contributed by atoms with Gasteiger partial charge in [0, 0.05) is 23.8 Å². The lowest BCUT2D eigenvalue weighted by molar-refractivity contribution is 0.0979. The Bertz CT molecular complexity index is 1600. The van der Waals surface area contributed by atoms with E-state index in [0.29, 0.717) is 28.2 Å². The second-order valence-corrected chi connectivity index (χ2v) is 10.7. The lowest BCUT2D eigenvalue weighted by atomic mass is 10.0. The van der Waals surface area contributed by atoms with Gasteiger partial charge in [0.05, 0.1) is 5.56 Å². The van der Waals surface area contributed by atoms with Crippen molar-refractivity contribution in [2.45, 2.75) is 0 Å². The summed E-state index contributed by atoms with van der Waals surface area (Å²) in [5.74, 6) is 0.241. The number of thiocarbonyl (C=S) groups is 1. The van der Waals surface area contributed by atoms with Gasteiger partial charge in [-0.05, 0) is 110 Å². The number of aromatic nitrogens is 1. The Hall–Kier alpha value is -2.34. The second kappa shape index (κ2) is 9.73. The van der Waals surface area contributed by atoms with Crippen LogP contribution in [-0.2, 0) is 0 Å². The summed E-state index contributed by atoms with van der Waals surface area (Å²) in [5, 5.41) is 7.82. The highest BCUT2D eigenvalue weighted by molar-refractivity contribution is 14.1. The maximum Gasteiger partial charge on any atom is 0.258 e. The van der Waals surface area contributed by atoms with Gasteiger partial charge in [-0.25, -0.2) is 4.98 Å². The van der Waals surface area contributed by atoms with Crippen molar-refractivity contribution in [1.29, 1.82) is 0 Å². The van der Waals surface area contributed by atoms with Crippen molar-refractivity contribution in [1.82, 2.24) is 10.3 Å². The van der Waals surface area contributed by atoms with Crippen molar-refractivity contribution in [3.05, 3.63) is 90.9 Å². The Morgan fingerprint density at radius 2 is 1.74 bits per heavy atom. The summed E-state index contributed by atoms with van der Waals surface area (Å²) < 4.78 is 8.86. The fourth-order valence-electron chi connectivity index (χ4n) is 3.58. The van der Waals surface area contributed by atoms with Crippen LogP contribution < -0.4 is 10.6 Å². The second-order valence-electron chi connectivity index (χ2n) is 7.37. The normalized spacial score (nSPS) is 11.0. The van der Waals surface area contributed by atoms with Crippen molar-refractivity contribution in [3.8, 4) is 11.5 Å². The van der Waals surface area contributed by atoms with Crippen molar-refractivity contribution in [2.75, 3.05) is 5.32 Å². The zero-order valence-electron chi connectivity index (χ0n) is 17.2. The van der Waals surface area contributed by atoms with Gasteiger partial charge in [0.2, 0.25) is 5.89 Å². The SMILES string of the molecule is O=C(NC(=S)Nc1ccc2oc(-c3cc(I)ccc3Br)nc2c1)c1cccc2c(Br)cccc12. The first-order valence-electron chi connectivity index (χ1n) is 10.0. The molecule has 5 aromatic rings. The highest BCUT2D eigenvalue weighted by atomic mass is 127. The average Bonchev–Trinajstić information content (AvgIpc) is 3.23. The van der Waals surface area contributed by atoms with E-state index in [1.807, 2.05) is 66.7 Å². The van der Waals surface area contributed by atoms with E-state index in [4.69, 9.17) is 16.6 Å². The Balaban J connectivity index is 1.35. The number of fused-ring (bicyclic) bond motifs is 2. The van der Waals surface area contributed by atoms with Gasteiger partial charge in [-0.3, -0.25) is 10.1 Å². The minimum Gasteiger partial charge on any atom is -0.436 e. The first-order chi connectivity index (χ1) is 16.4. The van der Waals surface area contributed by atoms with E-state index >= 15 is 0 Å². The summed E-state index contributed by atoms with van der Waals surface area (Å²) in [6, 6.07) is 22.8. The number of halogens is 3. The highest BCUT2D eigenvalue weighted by Crippen LogP contribution is 2.32. The molecular weight excluding hydrogens is 693 g/mol. The Morgan fingerprint density at radius 3 is 2.59 bits per heavy atom. The molecule has 168 valence electrons. The number of carbonyl (C=O) groups is 1. The van der Waals surface area contributed by atoms with E-state index in [-0.39, 0.29) is 11.0 Å². The molecule has 1 aromatic heterocycles. The van der Waals surface area contributed by atoms with E-state index in [1.54, 1.807) is 6.07 Å². The van der Waals surface area contributed by atoms with Crippen LogP contribution in [0, 0.1) is 3.57 Å². The van der Waals surface area contributed by atoms with Gasteiger partial charge in [0.25, 0.3) is 5.91 Å². The molecule has 0 bridgehead atoms. The van der Waals surface area contributed by atoms with Crippen molar-refractivity contribution in [3.63, 3.8) is 0 Å². The van der Waals surface area contributed by atoms with E-state index in [1.165, 1.54) is 0 Å². The van der Waals surface area contributed by atoms with Gasteiger partial charge in [-0.1, -0.05) is 40.2 Å². The Morgan fingerprint density at radius 1 is 0.941 bits per heavy atom. The average molecular weight is 707 g/mol. The van der Waals surface area contributed by atoms with E-state index in [2.05, 4.69) is 70.1 Å². The summed E-state index contributed by atoms with van der Waals surface area (Å²) in [7, 11) is 0. The number of rotatable bonds is 3. The van der Waals surface area contributed by atoms with Crippen molar-refractivity contribution in [2.24, 2.45) is 0 Å². The monoisotopic (exact) mass is 705 g/mol. The van der Waals surface area contributed by atoms with Gasteiger partial charge in [0.1, 0.15) is 5.52 Å². The molecular formula is C25H14Br2IN3O2S. The van der Waals surface area contributed by atoms with Crippen molar-refractivity contribution < 1.29 is 9.21 Å². The molecule has 1 amide bonds. The zero-order chi connectivity index (χ0) is 23.8.